The van der Waals surface area contributed by atoms with Gasteiger partial charge in [-0.1, -0.05) is 67.6 Å². The molecule has 4 nitrogen and oxygen atoms in total. The Morgan fingerprint density at radius 3 is 2.20 bits per heavy atom. The van der Waals surface area contributed by atoms with Crippen LogP contribution in [0.15, 0.2) is 66.7 Å². The normalized spacial score (nSPS) is 13.2. The van der Waals surface area contributed by atoms with Gasteiger partial charge in [-0.25, -0.2) is 4.79 Å². The van der Waals surface area contributed by atoms with Gasteiger partial charge >= 0.3 is 6.16 Å². The Hall–Kier alpha value is -2.59. The Kier molecular flexibility index (Phi) is 6.37. The van der Waals surface area contributed by atoms with Crippen molar-refractivity contribution in [2.24, 2.45) is 5.92 Å². The average Bonchev–Trinajstić information content (AvgIpc) is 2.60. The summed E-state index contributed by atoms with van der Waals surface area (Å²) in [5, 5.41) is 10.2. The molecule has 1 N–H and O–H groups in total. The fraction of sp³-hybridized carbons (Fsp3) is 0.286. The summed E-state index contributed by atoms with van der Waals surface area (Å²) in [7, 11) is 0. The van der Waals surface area contributed by atoms with Crippen LogP contribution in [0.25, 0.3) is 5.76 Å². The van der Waals surface area contributed by atoms with Gasteiger partial charge in [0, 0.05) is 11.5 Å². The third-order valence-corrected chi connectivity index (χ3v) is 3.97. The van der Waals surface area contributed by atoms with Crippen molar-refractivity contribution in [3.63, 3.8) is 0 Å². The molecule has 0 bridgehead atoms. The van der Waals surface area contributed by atoms with Crippen molar-refractivity contribution in [2.45, 2.75) is 33.0 Å². The largest absolute Gasteiger partial charge is 0.514 e. The summed E-state index contributed by atoms with van der Waals surface area (Å²) < 4.78 is 10.6. The first-order valence-corrected chi connectivity index (χ1v) is 8.24. The summed E-state index contributed by atoms with van der Waals surface area (Å²) in [6.45, 7) is 5.43. The minimum absolute atomic E-state index is 0.142. The molecule has 0 aliphatic rings. The van der Waals surface area contributed by atoms with E-state index in [2.05, 4.69) is 0 Å². The highest BCUT2D eigenvalue weighted by Gasteiger charge is 2.22. The molecule has 132 valence electrons. The van der Waals surface area contributed by atoms with E-state index in [0.717, 1.165) is 11.1 Å². The summed E-state index contributed by atoms with van der Waals surface area (Å²) in [4.78, 5) is 12.1. The van der Waals surface area contributed by atoms with Crippen molar-refractivity contribution >= 4 is 11.9 Å². The molecule has 0 aromatic heterocycles. The molecule has 0 saturated carbocycles. The van der Waals surface area contributed by atoms with Crippen molar-refractivity contribution in [1.82, 2.24) is 0 Å². The summed E-state index contributed by atoms with van der Waals surface area (Å²) in [5.41, 5.74) is 0.696. The number of carbonyl (C=O) groups is 1. The minimum atomic E-state index is -0.933. The first-order valence-electron chi connectivity index (χ1n) is 8.24. The maximum Gasteiger partial charge on any atom is 0.514 e. The van der Waals surface area contributed by atoms with Gasteiger partial charge in [-0.3, -0.25) is 0 Å². The predicted molar refractivity (Wildman–Crippen MR) is 97.6 cm³/mol. The molecular weight excluding hydrogens is 316 g/mol. The van der Waals surface area contributed by atoms with E-state index >= 15 is 0 Å². The molecule has 0 spiro atoms. The van der Waals surface area contributed by atoms with Crippen molar-refractivity contribution in [3.8, 4) is 0 Å². The SMILES string of the molecule is C[C@H](/C=C(/OC(=O)OCc1ccccc1)c1ccccc1)C(C)(C)O. The van der Waals surface area contributed by atoms with Gasteiger partial charge in [-0.2, -0.15) is 0 Å². The maximum atomic E-state index is 12.1. The highest BCUT2D eigenvalue weighted by Crippen LogP contribution is 2.24. The van der Waals surface area contributed by atoms with Crippen LogP contribution in [-0.2, 0) is 16.1 Å². The van der Waals surface area contributed by atoms with E-state index < -0.39 is 11.8 Å². The zero-order valence-corrected chi connectivity index (χ0v) is 14.8. The van der Waals surface area contributed by atoms with Gasteiger partial charge in [0.05, 0.1) is 5.60 Å². The molecule has 2 aromatic carbocycles. The highest BCUT2D eigenvalue weighted by atomic mass is 16.7. The van der Waals surface area contributed by atoms with Crippen LogP contribution in [0.4, 0.5) is 4.79 Å². The van der Waals surface area contributed by atoms with Gasteiger partial charge in [0.1, 0.15) is 12.4 Å². The second-order valence-electron chi connectivity index (χ2n) is 6.47. The van der Waals surface area contributed by atoms with E-state index in [-0.39, 0.29) is 12.5 Å². The van der Waals surface area contributed by atoms with Crippen LogP contribution in [-0.4, -0.2) is 16.9 Å². The monoisotopic (exact) mass is 340 g/mol. The molecule has 25 heavy (non-hydrogen) atoms. The molecule has 0 saturated heterocycles. The molecule has 0 amide bonds. The number of hydrogen-bond donors (Lipinski definition) is 1. The van der Waals surface area contributed by atoms with Gasteiger partial charge < -0.3 is 14.6 Å². The second kappa shape index (κ2) is 8.49. The smallest absolute Gasteiger partial charge is 0.429 e. The molecule has 0 radical (unpaired) electrons. The van der Waals surface area contributed by atoms with E-state index in [9.17, 15) is 9.90 Å². The minimum Gasteiger partial charge on any atom is -0.429 e. The van der Waals surface area contributed by atoms with E-state index in [1.54, 1.807) is 19.9 Å². The quantitative estimate of drug-likeness (QED) is 0.607. The first-order chi connectivity index (χ1) is 11.9. The van der Waals surface area contributed by atoms with Crippen LogP contribution in [0.2, 0.25) is 0 Å². The summed E-state index contributed by atoms with van der Waals surface area (Å²) >= 11 is 0. The molecule has 0 aliphatic carbocycles. The number of benzene rings is 2. The summed E-state index contributed by atoms with van der Waals surface area (Å²) in [6, 6.07) is 18.7. The van der Waals surface area contributed by atoms with Gasteiger partial charge in [0.2, 0.25) is 0 Å². The zero-order valence-electron chi connectivity index (χ0n) is 14.8. The van der Waals surface area contributed by atoms with Gasteiger partial charge in [-0.15, -0.1) is 0 Å². The van der Waals surface area contributed by atoms with Gasteiger partial charge in [0.25, 0.3) is 0 Å². The maximum absolute atomic E-state index is 12.1. The molecule has 2 rings (SSSR count). The topological polar surface area (TPSA) is 55.8 Å². The number of rotatable bonds is 6. The molecule has 0 aliphatic heterocycles. The molecule has 0 heterocycles. The number of ether oxygens (including phenoxy) is 2. The first kappa shape index (κ1) is 18.7. The fourth-order valence-electron chi connectivity index (χ4n) is 2.06. The third-order valence-electron chi connectivity index (χ3n) is 3.97. The summed E-state index contributed by atoms with van der Waals surface area (Å²) in [5.74, 6) is 0.151. The van der Waals surface area contributed by atoms with Crippen LogP contribution < -0.4 is 0 Å². The molecular formula is C21H24O4. The molecule has 1 atom stereocenters. The van der Waals surface area contributed by atoms with Crippen LogP contribution in [0.1, 0.15) is 31.9 Å². The average molecular weight is 340 g/mol. The van der Waals surface area contributed by atoms with Crippen LogP contribution >= 0.6 is 0 Å². The molecule has 0 fully saturated rings. The Morgan fingerprint density at radius 2 is 1.64 bits per heavy atom. The molecule has 2 aromatic rings. The molecule has 4 heteroatoms. The van der Waals surface area contributed by atoms with Gasteiger partial charge in [-0.05, 0) is 25.5 Å². The lowest BCUT2D eigenvalue weighted by Crippen LogP contribution is -2.27. The van der Waals surface area contributed by atoms with E-state index in [1.165, 1.54) is 0 Å². The number of aliphatic hydroxyl groups is 1. The van der Waals surface area contributed by atoms with Crippen LogP contribution in [0, 0.1) is 5.92 Å². The lowest BCUT2D eigenvalue weighted by Gasteiger charge is -2.23. The Bertz CT molecular complexity index is 700. The zero-order chi connectivity index (χ0) is 18.3. The van der Waals surface area contributed by atoms with Crippen molar-refractivity contribution in [1.29, 1.82) is 0 Å². The second-order valence-corrected chi connectivity index (χ2v) is 6.47. The van der Waals surface area contributed by atoms with E-state index in [0.29, 0.717) is 5.76 Å². The fourth-order valence-corrected chi connectivity index (χ4v) is 2.06. The predicted octanol–water partition coefficient (Wildman–Crippen LogP) is 4.79. The Balaban J connectivity index is 2.10. The third kappa shape index (κ3) is 6.08. The Morgan fingerprint density at radius 1 is 1.08 bits per heavy atom. The molecule has 0 unspecified atom stereocenters. The lowest BCUT2D eigenvalue weighted by atomic mass is 9.91. The highest BCUT2D eigenvalue weighted by molar-refractivity contribution is 5.73. The van der Waals surface area contributed by atoms with Crippen molar-refractivity contribution < 1.29 is 19.4 Å². The van der Waals surface area contributed by atoms with E-state index in [1.807, 2.05) is 67.6 Å². The number of carbonyl (C=O) groups excluding carboxylic acids is 1. The van der Waals surface area contributed by atoms with E-state index in [4.69, 9.17) is 9.47 Å². The Labute approximate surface area is 148 Å². The van der Waals surface area contributed by atoms with Crippen LogP contribution in [0.5, 0.6) is 0 Å². The standard InChI is InChI=1S/C21H24O4/c1-16(21(2,3)23)14-19(18-12-8-5-9-13-18)25-20(22)24-15-17-10-6-4-7-11-17/h4-14,16,23H,15H2,1-3H3/b19-14+/t16-/m1/s1. The summed E-state index contributed by atoms with van der Waals surface area (Å²) in [6.07, 6.45) is 0.959. The lowest BCUT2D eigenvalue weighted by molar-refractivity contribution is 0.0428. The van der Waals surface area contributed by atoms with Crippen LogP contribution in [0.3, 0.4) is 0 Å². The number of hydrogen-bond acceptors (Lipinski definition) is 4. The van der Waals surface area contributed by atoms with Crippen molar-refractivity contribution in [2.75, 3.05) is 0 Å². The van der Waals surface area contributed by atoms with Crippen molar-refractivity contribution in [3.05, 3.63) is 77.9 Å². The van der Waals surface area contributed by atoms with Gasteiger partial charge in [0.15, 0.2) is 0 Å².